The molecule has 0 saturated carbocycles. The number of rotatable bonds is 6. The summed E-state index contributed by atoms with van der Waals surface area (Å²) in [5.74, 6) is -3.05. The van der Waals surface area contributed by atoms with E-state index in [4.69, 9.17) is 16.3 Å². The summed E-state index contributed by atoms with van der Waals surface area (Å²) in [5.41, 5.74) is -0.130. The second-order valence-electron chi connectivity index (χ2n) is 9.69. The van der Waals surface area contributed by atoms with Crippen LogP contribution in [0, 0.1) is 5.92 Å². The number of nitrogens with zero attached hydrogens (tertiary/aromatic N) is 1. The molecule has 14 heteroatoms. The number of aromatic nitrogens is 1. The van der Waals surface area contributed by atoms with Crippen molar-refractivity contribution in [3.8, 4) is 5.75 Å². The molecular formula is C29H19ClF3N3O5S2. The number of hydrogen-bond acceptors (Lipinski definition) is 7. The Morgan fingerprint density at radius 2 is 1.74 bits per heavy atom. The van der Waals surface area contributed by atoms with Crippen LogP contribution in [-0.4, -0.2) is 34.6 Å². The fourth-order valence-corrected chi connectivity index (χ4v) is 7.81. The molecule has 2 aliphatic heterocycles. The first-order valence-electron chi connectivity index (χ1n) is 12.7. The number of ether oxygens (including phenoxy) is 1. The number of fused-ring (bicyclic) bond motifs is 2. The van der Waals surface area contributed by atoms with Crippen molar-refractivity contribution in [2.75, 3.05) is 16.8 Å². The van der Waals surface area contributed by atoms with Crippen LogP contribution in [0.4, 0.5) is 24.5 Å². The molecule has 0 spiro atoms. The molecule has 43 heavy (non-hydrogen) atoms. The van der Waals surface area contributed by atoms with Gasteiger partial charge in [0.15, 0.2) is 6.61 Å². The van der Waals surface area contributed by atoms with Crippen molar-refractivity contribution >= 4 is 63.8 Å². The lowest BCUT2D eigenvalue weighted by Crippen LogP contribution is -2.32. The Hall–Kier alpha value is -4.07. The molecule has 0 aliphatic carbocycles. The van der Waals surface area contributed by atoms with E-state index in [0.29, 0.717) is 26.2 Å². The normalized spacial score (nSPS) is 19.6. The maximum atomic E-state index is 13.9. The minimum absolute atomic E-state index is 0.0528. The number of carbonyl (C=O) groups excluding carboxylic acids is 3. The van der Waals surface area contributed by atoms with Gasteiger partial charge in [0.05, 0.1) is 22.2 Å². The standard InChI is InChI=1S/C29H19ClF3N3O5S2/c30-15-8-10-17(11-9-15)36-26(38)22-21(23-25(35-28(40)43-23)42-24(22)27(36)39)18-6-1-2-7-19(18)41-13-20(37)34-16-5-3-4-14(12-16)29(31,32)33/h1-12,21-22,24H,13H2,(H,34,37)(H,35,40). The number of imide groups is 1. The van der Waals surface area contributed by atoms with Gasteiger partial charge >= 0.3 is 11.0 Å². The van der Waals surface area contributed by atoms with Crippen molar-refractivity contribution in [3.05, 3.63) is 103 Å². The van der Waals surface area contributed by atoms with Crippen LogP contribution in [0.3, 0.4) is 0 Å². The highest BCUT2D eigenvalue weighted by Gasteiger charge is 2.56. The smallest absolute Gasteiger partial charge is 0.416 e. The van der Waals surface area contributed by atoms with Gasteiger partial charge < -0.3 is 15.0 Å². The molecule has 4 aromatic rings. The number of aromatic amines is 1. The zero-order chi connectivity index (χ0) is 30.5. The zero-order valence-electron chi connectivity index (χ0n) is 21.7. The number of anilines is 2. The number of benzene rings is 3. The summed E-state index contributed by atoms with van der Waals surface area (Å²) in [7, 11) is 0. The predicted octanol–water partition coefficient (Wildman–Crippen LogP) is 5.92. The number of alkyl halides is 3. The van der Waals surface area contributed by atoms with Gasteiger partial charge in [0.1, 0.15) is 11.0 Å². The minimum Gasteiger partial charge on any atom is -0.483 e. The average molecular weight is 646 g/mol. The number of thioether (sulfide) groups is 1. The van der Waals surface area contributed by atoms with Crippen LogP contribution in [-0.2, 0) is 20.6 Å². The molecule has 1 aromatic heterocycles. The van der Waals surface area contributed by atoms with Gasteiger partial charge in [-0.3, -0.25) is 19.2 Å². The second-order valence-corrected chi connectivity index (χ2v) is 12.3. The highest BCUT2D eigenvalue weighted by Crippen LogP contribution is 2.54. The fraction of sp³-hybridized carbons (Fsp3) is 0.172. The highest BCUT2D eigenvalue weighted by molar-refractivity contribution is 8.00. The van der Waals surface area contributed by atoms with E-state index in [9.17, 15) is 32.3 Å². The molecule has 0 bridgehead atoms. The molecule has 3 amide bonds. The third-order valence-electron chi connectivity index (χ3n) is 7.00. The van der Waals surface area contributed by atoms with Gasteiger partial charge in [0.25, 0.3) is 5.91 Å². The van der Waals surface area contributed by atoms with E-state index >= 15 is 0 Å². The van der Waals surface area contributed by atoms with E-state index in [-0.39, 0.29) is 16.3 Å². The first-order valence-corrected chi connectivity index (χ1v) is 14.8. The van der Waals surface area contributed by atoms with Crippen LogP contribution in [0.1, 0.15) is 21.9 Å². The summed E-state index contributed by atoms with van der Waals surface area (Å²) < 4.78 is 45.0. The van der Waals surface area contributed by atoms with E-state index in [1.165, 1.54) is 12.1 Å². The maximum Gasteiger partial charge on any atom is 0.416 e. The SMILES string of the molecule is O=C(COc1ccccc1C1c2sc(=O)[nH]c2SC2C(=O)N(c3ccc(Cl)cc3)C(=O)C21)Nc1cccc(C(F)(F)F)c1. The summed E-state index contributed by atoms with van der Waals surface area (Å²) in [6, 6.07) is 17.1. The van der Waals surface area contributed by atoms with E-state index in [0.717, 1.165) is 40.1 Å². The third kappa shape index (κ3) is 5.55. The molecule has 3 unspecified atom stereocenters. The lowest BCUT2D eigenvalue weighted by molar-refractivity contribution is -0.137. The Morgan fingerprint density at radius 3 is 2.49 bits per heavy atom. The summed E-state index contributed by atoms with van der Waals surface area (Å²) >= 11 is 8.05. The molecule has 1 fully saturated rings. The van der Waals surface area contributed by atoms with Gasteiger partial charge in [-0.15, -0.1) is 0 Å². The van der Waals surface area contributed by atoms with Gasteiger partial charge in [-0.2, -0.15) is 13.2 Å². The second kappa shape index (κ2) is 11.2. The lowest BCUT2D eigenvalue weighted by Gasteiger charge is -2.30. The number of halogens is 4. The van der Waals surface area contributed by atoms with Crippen LogP contribution < -0.4 is 19.8 Å². The third-order valence-corrected chi connectivity index (χ3v) is 9.65. The quantitative estimate of drug-likeness (QED) is 0.252. The summed E-state index contributed by atoms with van der Waals surface area (Å²) in [6.45, 7) is -0.553. The van der Waals surface area contributed by atoms with Crippen molar-refractivity contribution in [2.24, 2.45) is 5.92 Å². The number of amides is 3. The van der Waals surface area contributed by atoms with E-state index < -0.39 is 53.2 Å². The Kier molecular flexibility index (Phi) is 7.57. The van der Waals surface area contributed by atoms with Gasteiger partial charge in [0.2, 0.25) is 11.8 Å². The number of H-pyrrole nitrogens is 1. The molecule has 3 atom stereocenters. The van der Waals surface area contributed by atoms with E-state index in [1.807, 2.05) is 0 Å². The number of hydrogen-bond donors (Lipinski definition) is 2. The first-order chi connectivity index (χ1) is 20.5. The molecule has 1 saturated heterocycles. The van der Waals surface area contributed by atoms with Gasteiger partial charge in [-0.05, 0) is 48.5 Å². The number of nitrogens with one attached hydrogen (secondary N) is 2. The van der Waals surface area contributed by atoms with Crippen molar-refractivity contribution in [1.82, 2.24) is 4.98 Å². The van der Waals surface area contributed by atoms with Crippen LogP contribution in [0.25, 0.3) is 0 Å². The Morgan fingerprint density at radius 1 is 1.00 bits per heavy atom. The van der Waals surface area contributed by atoms with Crippen LogP contribution in [0.2, 0.25) is 5.02 Å². The van der Waals surface area contributed by atoms with E-state index in [2.05, 4.69) is 10.3 Å². The lowest BCUT2D eigenvalue weighted by atomic mass is 9.82. The Labute approximate surface area is 254 Å². The molecule has 220 valence electrons. The Bertz CT molecular complexity index is 1810. The average Bonchev–Trinajstić information content (AvgIpc) is 3.46. The number of thiazole rings is 1. The van der Waals surface area contributed by atoms with Gasteiger partial charge in [0, 0.05) is 27.1 Å². The molecule has 8 nitrogen and oxygen atoms in total. The topological polar surface area (TPSA) is 109 Å². The molecule has 2 aliphatic rings. The van der Waals surface area contributed by atoms with Crippen LogP contribution in [0.15, 0.2) is 82.6 Å². The predicted molar refractivity (Wildman–Crippen MR) is 156 cm³/mol. The molecule has 3 aromatic carbocycles. The van der Waals surface area contributed by atoms with Crippen LogP contribution >= 0.6 is 34.7 Å². The van der Waals surface area contributed by atoms with E-state index in [1.54, 1.807) is 48.5 Å². The first kappa shape index (κ1) is 29.0. The van der Waals surface area contributed by atoms with Crippen molar-refractivity contribution in [3.63, 3.8) is 0 Å². The van der Waals surface area contributed by atoms with Crippen LogP contribution in [0.5, 0.6) is 5.75 Å². The summed E-state index contributed by atoms with van der Waals surface area (Å²) in [5, 5.41) is 2.46. The molecular weight excluding hydrogens is 627 g/mol. The monoisotopic (exact) mass is 645 g/mol. The number of para-hydroxylation sites is 1. The molecule has 2 N–H and O–H groups in total. The molecule has 6 rings (SSSR count). The largest absolute Gasteiger partial charge is 0.483 e. The number of carbonyl (C=O) groups is 3. The maximum absolute atomic E-state index is 13.9. The summed E-state index contributed by atoms with van der Waals surface area (Å²) in [6.07, 6.45) is -4.57. The van der Waals surface area contributed by atoms with Crippen molar-refractivity contribution < 1.29 is 32.3 Å². The molecule has 0 radical (unpaired) electrons. The zero-order valence-corrected chi connectivity index (χ0v) is 24.1. The van der Waals surface area contributed by atoms with Gasteiger partial charge in [-0.1, -0.05) is 59.0 Å². The van der Waals surface area contributed by atoms with Crippen molar-refractivity contribution in [1.29, 1.82) is 0 Å². The fourth-order valence-electron chi connectivity index (χ4n) is 5.18. The highest BCUT2D eigenvalue weighted by atomic mass is 35.5. The van der Waals surface area contributed by atoms with Crippen molar-refractivity contribution in [2.45, 2.75) is 22.4 Å². The minimum atomic E-state index is -4.57. The summed E-state index contributed by atoms with van der Waals surface area (Å²) in [4.78, 5) is 56.6. The Balaban J connectivity index is 1.30. The van der Waals surface area contributed by atoms with Gasteiger partial charge in [-0.25, -0.2) is 4.90 Å². The molecule has 3 heterocycles.